The molecule has 0 amide bonds. The van der Waals surface area contributed by atoms with Crippen LogP contribution in [-0.4, -0.2) is 20.6 Å². The fourth-order valence-electron chi connectivity index (χ4n) is 1.69. The highest BCUT2D eigenvalue weighted by Crippen LogP contribution is 2.06. The van der Waals surface area contributed by atoms with E-state index in [2.05, 4.69) is 4.98 Å². The quantitative estimate of drug-likeness (QED) is 0.909. The van der Waals surface area contributed by atoms with Crippen LogP contribution < -0.4 is 5.56 Å². The predicted octanol–water partition coefficient (Wildman–Crippen LogP) is 1.55. The number of aromatic carboxylic acids is 1. The molecule has 0 atom stereocenters. The van der Waals surface area contributed by atoms with Crippen molar-refractivity contribution >= 4 is 17.3 Å². The highest BCUT2D eigenvalue weighted by Gasteiger charge is 2.14. The molecule has 0 bridgehead atoms. The van der Waals surface area contributed by atoms with Gasteiger partial charge < -0.3 is 9.67 Å². The Kier molecular flexibility index (Phi) is 3.57. The predicted molar refractivity (Wildman–Crippen MR) is 68.2 cm³/mol. The second-order valence-electron chi connectivity index (χ2n) is 3.85. The van der Waals surface area contributed by atoms with E-state index in [0.717, 1.165) is 5.01 Å². The molecule has 1 N–H and O–H groups in total. The lowest BCUT2D eigenvalue weighted by Gasteiger charge is -2.07. The van der Waals surface area contributed by atoms with Crippen molar-refractivity contribution in [3.63, 3.8) is 0 Å². The standard InChI is InChI=1S/C12H12N2O3S/c1-8-2-5-14(11(15)10(8)12(16)17)6-3-9-13-4-7-18-9/h2,4-5,7H,3,6H2,1H3,(H,16,17). The number of nitrogens with zero attached hydrogens (tertiary/aromatic N) is 2. The van der Waals surface area contributed by atoms with Gasteiger partial charge in [-0.1, -0.05) is 0 Å². The number of rotatable bonds is 4. The van der Waals surface area contributed by atoms with Gasteiger partial charge in [0.25, 0.3) is 5.56 Å². The molecule has 94 valence electrons. The summed E-state index contributed by atoms with van der Waals surface area (Å²) < 4.78 is 1.41. The molecule has 2 rings (SSSR count). The summed E-state index contributed by atoms with van der Waals surface area (Å²) in [6.07, 6.45) is 3.96. The molecule has 0 saturated heterocycles. The first-order valence-electron chi connectivity index (χ1n) is 5.41. The molecule has 0 radical (unpaired) electrons. The molecule has 0 aromatic carbocycles. The third kappa shape index (κ3) is 2.48. The van der Waals surface area contributed by atoms with Crippen LogP contribution in [0.15, 0.2) is 28.6 Å². The molecule has 6 heteroatoms. The molecule has 0 saturated carbocycles. The summed E-state index contributed by atoms with van der Waals surface area (Å²) in [6.45, 7) is 2.06. The molecule has 0 fully saturated rings. The second-order valence-corrected chi connectivity index (χ2v) is 4.83. The summed E-state index contributed by atoms with van der Waals surface area (Å²) in [7, 11) is 0. The smallest absolute Gasteiger partial charge is 0.341 e. The number of carbonyl (C=O) groups is 1. The van der Waals surface area contributed by atoms with Crippen molar-refractivity contribution in [2.75, 3.05) is 0 Å². The number of aryl methyl sites for hydroxylation is 3. The maximum absolute atomic E-state index is 12.0. The second kappa shape index (κ2) is 5.14. The SMILES string of the molecule is Cc1ccn(CCc2nccs2)c(=O)c1C(=O)O. The van der Waals surface area contributed by atoms with Gasteiger partial charge in [0, 0.05) is 30.7 Å². The van der Waals surface area contributed by atoms with E-state index in [4.69, 9.17) is 5.11 Å². The largest absolute Gasteiger partial charge is 0.477 e. The van der Waals surface area contributed by atoms with E-state index in [1.165, 1.54) is 15.9 Å². The monoisotopic (exact) mass is 264 g/mol. The van der Waals surface area contributed by atoms with Crippen LogP contribution >= 0.6 is 11.3 Å². The van der Waals surface area contributed by atoms with Gasteiger partial charge in [0.15, 0.2) is 0 Å². The molecule has 2 aromatic rings. The maximum atomic E-state index is 12.0. The zero-order chi connectivity index (χ0) is 13.1. The Morgan fingerprint density at radius 3 is 2.94 bits per heavy atom. The summed E-state index contributed by atoms with van der Waals surface area (Å²) in [6, 6.07) is 1.65. The van der Waals surface area contributed by atoms with Gasteiger partial charge in [-0.05, 0) is 18.6 Å². The number of pyridine rings is 1. The van der Waals surface area contributed by atoms with E-state index in [1.807, 2.05) is 5.38 Å². The van der Waals surface area contributed by atoms with Crippen molar-refractivity contribution in [2.24, 2.45) is 0 Å². The summed E-state index contributed by atoms with van der Waals surface area (Å²) in [5.74, 6) is -1.18. The number of aromatic nitrogens is 2. The Morgan fingerprint density at radius 1 is 1.56 bits per heavy atom. The first-order chi connectivity index (χ1) is 8.59. The van der Waals surface area contributed by atoms with E-state index in [9.17, 15) is 9.59 Å². The molecule has 0 aliphatic rings. The molecule has 5 nitrogen and oxygen atoms in total. The maximum Gasteiger partial charge on any atom is 0.341 e. The Balaban J connectivity index is 2.27. The van der Waals surface area contributed by atoms with E-state index < -0.39 is 11.5 Å². The van der Waals surface area contributed by atoms with Crippen molar-refractivity contribution < 1.29 is 9.90 Å². The topological polar surface area (TPSA) is 72.2 Å². The average Bonchev–Trinajstić information content (AvgIpc) is 2.80. The molecule has 0 aliphatic carbocycles. The van der Waals surface area contributed by atoms with Crippen LogP contribution in [0.1, 0.15) is 20.9 Å². The fraction of sp³-hybridized carbons (Fsp3) is 0.250. The van der Waals surface area contributed by atoms with Crippen LogP contribution in [-0.2, 0) is 13.0 Å². The lowest BCUT2D eigenvalue weighted by Crippen LogP contribution is -2.27. The van der Waals surface area contributed by atoms with Crippen LogP contribution in [0, 0.1) is 6.92 Å². The summed E-state index contributed by atoms with van der Waals surface area (Å²) in [4.78, 5) is 27.1. The van der Waals surface area contributed by atoms with Crippen LogP contribution in [0.5, 0.6) is 0 Å². The minimum Gasteiger partial charge on any atom is -0.477 e. The highest BCUT2D eigenvalue weighted by atomic mass is 32.1. The van der Waals surface area contributed by atoms with Crippen molar-refractivity contribution in [1.82, 2.24) is 9.55 Å². The van der Waals surface area contributed by atoms with E-state index in [-0.39, 0.29) is 5.56 Å². The van der Waals surface area contributed by atoms with Crippen molar-refractivity contribution in [2.45, 2.75) is 19.9 Å². The molecular formula is C12H12N2O3S. The number of carboxylic acid groups (broad SMARTS) is 1. The zero-order valence-corrected chi connectivity index (χ0v) is 10.6. The Labute approximate surface area is 107 Å². The summed E-state index contributed by atoms with van der Waals surface area (Å²) in [5.41, 5.74) is -0.131. The summed E-state index contributed by atoms with van der Waals surface area (Å²) in [5, 5.41) is 11.8. The minimum atomic E-state index is -1.18. The van der Waals surface area contributed by atoms with Crippen LogP contribution in [0.2, 0.25) is 0 Å². The molecule has 0 unspecified atom stereocenters. The van der Waals surface area contributed by atoms with Gasteiger partial charge in [0.1, 0.15) is 5.56 Å². The highest BCUT2D eigenvalue weighted by molar-refractivity contribution is 7.09. The van der Waals surface area contributed by atoms with Crippen molar-refractivity contribution in [1.29, 1.82) is 0 Å². The Morgan fingerprint density at radius 2 is 2.33 bits per heavy atom. The Hall–Kier alpha value is -1.95. The molecule has 2 aromatic heterocycles. The molecule has 0 aliphatic heterocycles. The number of hydrogen-bond acceptors (Lipinski definition) is 4. The molecule has 18 heavy (non-hydrogen) atoms. The van der Waals surface area contributed by atoms with Gasteiger partial charge in [-0.2, -0.15) is 0 Å². The lowest BCUT2D eigenvalue weighted by atomic mass is 10.1. The zero-order valence-electron chi connectivity index (χ0n) is 9.79. The fourth-order valence-corrected chi connectivity index (χ4v) is 2.30. The normalized spacial score (nSPS) is 10.5. The van der Waals surface area contributed by atoms with Crippen LogP contribution in [0.4, 0.5) is 0 Å². The van der Waals surface area contributed by atoms with Crippen molar-refractivity contribution in [3.8, 4) is 0 Å². The van der Waals surface area contributed by atoms with Crippen LogP contribution in [0.25, 0.3) is 0 Å². The van der Waals surface area contributed by atoms with Crippen LogP contribution in [0.3, 0.4) is 0 Å². The van der Waals surface area contributed by atoms with Gasteiger partial charge in [0.2, 0.25) is 0 Å². The summed E-state index contributed by atoms with van der Waals surface area (Å²) >= 11 is 1.52. The third-order valence-electron chi connectivity index (χ3n) is 2.64. The van der Waals surface area contributed by atoms with Gasteiger partial charge in [-0.15, -0.1) is 11.3 Å². The van der Waals surface area contributed by atoms with Gasteiger partial charge in [-0.3, -0.25) is 4.79 Å². The lowest BCUT2D eigenvalue weighted by molar-refractivity contribution is 0.0693. The van der Waals surface area contributed by atoms with E-state index in [1.54, 1.807) is 25.4 Å². The number of carboxylic acids is 1. The van der Waals surface area contributed by atoms with Crippen molar-refractivity contribution in [3.05, 3.63) is 50.3 Å². The minimum absolute atomic E-state index is 0.156. The third-order valence-corrected chi connectivity index (χ3v) is 3.48. The Bertz CT molecular complexity index is 617. The molecule has 0 spiro atoms. The number of thiazole rings is 1. The number of hydrogen-bond donors (Lipinski definition) is 1. The van der Waals surface area contributed by atoms with Gasteiger partial charge in [-0.25, -0.2) is 9.78 Å². The van der Waals surface area contributed by atoms with E-state index >= 15 is 0 Å². The molecule has 2 heterocycles. The first kappa shape index (κ1) is 12.5. The average molecular weight is 264 g/mol. The van der Waals surface area contributed by atoms with Gasteiger partial charge in [0.05, 0.1) is 5.01 Å². The first-order valence-corrected chi connectivity index (χ1v) is 6.29. The van der Waals surface area contributed by atoms with Gasteiger partial charge >= 0.3 is 5.97 Å². The molecular weight excluding hydrogens is 252 g/mol. The van der Waals surface area contributed by atoms with E-state index in [0.29, 0.717) is 18.5 Å².